The van der Waals surface area contributed by atoms with Crippen molar-refractivity contribution in [1.29, 1.82) is 0 Å². The topological polar surface area (TPSA) is 151 Å². The number of carboxylic acids is 3. The van der Waals surface area contributed by atoms with E-state index in [1.807, 2.05) is 0 Å². The smallest absolute Gasteiger partial charge is 0.336 e. The van der Waals surface area contributed by atoms with Crippen LogP contribution in [0, 0.1) is 5.92 Å². The van der Waals surface area contributed by atoms with Gasteiger partial charge in [-0.3, -0.25) is 9.59 Å². The normalized spacial score (nSPS) is 20.8. The number of nitrogens with zero attached hydrogens (tertiary/aromatic N) is 1. The molecule has 0 aliphatic heterocycles. The van der Waals surface area contributed by atoms with Crippen LogP contribution in [0.15, 0.2) is 54.6 Å². The summed E-state index contributed by atoms with van der Waals surface area (Å²) >= 11 is 0. The minimum Gasteiger partial charge on any atom is -0.481 e. The van der Waals surface area contributed by atoms with E-state index in [2.05, 4.69) is 78.6 Å². The molecule has 3 aromatic rings. The number of aromatic amines is 1. The first-order valence-corrected chi connectivity index (χ1v) is 16.1. The molecule has 2 aliphatic carbocycles. The van der Waals surface area contributed by atoms with Crippen molar-refractivity contribution in [2.45, 2.75) is 101 Å². The van der Waals surface area contributed by atoms with Crippen LogP contribution >= 0.6 is 0 Å². The van der Waals surface area contributed by atoms with Crippen LogP contribution < -0.4 is 0 Å². The van der Waals surface area contributed by atoms with E-state index < -0.39 is 36.4 Å². The molecular weight excluding hydrogens is 572 g/mol. The maximum absolute atomic E-state index is 10.3. The van der Waals surface area contributed by atoms with E-state index in [4.69, 9.17) is 20.4 Å². The molecule has 0 bridgehead atoms. The number of carboxylic acid groups (broad SMARTS) is 3. The first-order chi connectivity index (χ1) is 21.4. The first kappa shape index (κ1) is 34.2. The van der Waals surface area contributed by atoms with Gasteiger partial charge in [0.2, 0.25) is 0 Å². The number of fused-ring (bicyclic) bond motifs is 1. The highest BCUT2D eigenvalue weighted by Gasteiger charge is 2.41. The highest BCUT2D eigenvalue weighted by atomic mass is 16.4. The number of likely N-dealkylation sites (N-methyl/N-ethyl adjacent to an activating group) is 1. The lowest BCUT2D eigenvalue weighted by molar-refractivity contribution is -0.170. The van der Waals surface area contributed by atoms with Crippen molar-refractivity contribution in [3.05, 3.63) is 71.4 Å². The molecule has 2 fully saturated rings. The van der Waals surface area contributed by atoms with Gasteiger partial charge in [0, 0.05) is 22.1 Å². The molecule has 2 saturated carbocycles. The molecule has 45 heavy (non-hydrogen) atoms. The van der Waals surface area contributed by atoms with Crippen molar-refractivity contribution >= 4 is 28.8 Å². The molecule has 0 radical (unpaired) electrons. The Hall–Kier alpha value is -3.69. The van der Waals surface area contributed by atoms with Crippen molar-refractivity contribution in [3.63, 3.8) is 0 Å². The van der Waals surface area contributed by atoms with E-state index in [1.165, 1.54) is 80.7 Å². The van der Waals surface area contributed by atoms with Gasteiger partial charge in [-0.15, -0.1) is 0 Å². The Morgan fingerprint density at radius 3 is 1.98 bits per heavy atom. The fourth-order valence-electron chi connectivity index (χ4n) is 7.39. The highest BCUT2D eigenvalue weighted by molar-refractivity contribution is 5.88. The summed E-state index contributed by atoms with van der Waals surface area (Å²) in [6, 6.07) is 20.2. The van der Waals surface area contributed by atoms with Crippen molar-refractivity contribution in [2.75, 3.05) is 14.1 Å². The van der Waals surface area contributed by atoms with Crippen molar-refractivity contribution in [3.8, 4) is 0 Å². The van der Waals surface area contributed by atoms with Crippen LogP contribution in [0.3, 0.4) is 0 Å². The first-order valence-electron chi connectivity index (χ1n) is 16.1. The van der Waals surface area contributed by atoms with Crippen LogP contribution in [-0.2, 0) is 27.2 Å². The maximum atomic E-state index is 10.3. The second-order valence-corrected chi connectivity index (χ2v) is 13.3. The van der Waals surface area contributed by atoms with Gasteiger partial charge in [0.05, 0.1) is 12.8 Å². The number of benzene rings is 2. The van der Waals surface area contributed by atoms with Gasteiger partial charge >= 0.3 is 17.9 Å². The molecule has 2 aromatic carbocycles. The predicted molar refractivity (Wildman–Crippen MR) is 173 cm³/mol. The van der Waals surface area contributed by atoms with Gasteiger partial charge in [-0.25, -0.2) is 4.79 Å². The summed E-state index contributed by atoms with van der Waals surface area (Å²) in [5, 5.41) is 35.3. The average Bonchev–Trinajstić information content (AvgIpc) is 3.36. The number of hydrogen-bond donors (Lipinski definition) is 5. The van der Waals surface area contributed by atoms with Gasteiger partial charge in [0.25, 0.3) is 0 Å². The summed E-state index contributed by atoms with van der Waals surface area (Å²) in [7, 11) is 4.58. The van der Waals surface area contributed by atoms with Crippen LogP contribution in [0.4, 0.5) is 0 Å². The monoisotopic (exact) mass is 620 g/mol. The fourth-order valence-corrected chi connectivity index (χ4v) is 7.39. The van der Waals surface area contributed by atoms with E-state index in [0.717, 1.165) is 12.3 Å². The molecule has 0 atom stereocenters. The quantitative estimate of drug-likeness (QED) is 0.169. The van der Waals surface area contributed by atoms with E-state index in [-0.39, 0.29) is 5.54 Å². The molecule has 1 aromatic heterocycles. The summed E-state index contributed by atoms with van der Waals surface area (Å²) in [6.07, 6.45) is 12.4. The molecule has 9 heteroatoms. The van der Waals surface area contributed by atoms with Crippen LogP contribution in [0.5, 0.6) is 0 Å². The van der Waals surface area contributed by atoms with E-state index in [0.29, 0.717) is 5.92 Å². The zero-order valence-corrected chi connectivity index (χ0v) is 26.5. The molecule has 0 saturated heterocycles. The minimum absolute atomic E-state index is 0.285. The van der Waals surface area contributed by atoms with Gasteiger partial charge < -0.3 is 30.3 Å². The van der Waals surface area contributed by atoms with Gasteiger partial charge in [-0.05, 0) is 81.6 Å². The number of aliphatic hydroxyl groups is 1. The summed E-state index contributed by atoms with van der Waals surface area (Å²) in [6.45, 7) is 0. The molecule has 0 spiro atoms. The van der Waals surface area contributed by atoms with E-state index in [1.54, 1.807) is 11.3 Å². The summed E-state index contributed by atoms with van der Waals surface area (Å²) in [4.78, 5) is 36.9. The molecule has 0 unspecified atom stereocenters. The Kier molecular flexibility index (Phi) is 11.4. The number of hydrogen-bond acceptors (Lipinski definition) is 5. The third kappa shape index (κ3) is 8.73. The lowest BCUT2D eigenvalue weighted by Gasteiger charge is -2.45. The molecule has 244 valence electrons. The van der Waals surface area contributed by atoms with Gasteiger partial charge in [0.15, 0.2) is 5.60 Å². The van der Waals surface area contributed by atoms with Crippen LogP contribution in [0.2, 0.25) is 0 Å². The second-order valence-electron chi connectivity index (χ2n) is 13.3. The zero-order chi connectivity index (χ0) is 32.6. The second kappa shape index (κ2) is 15.1. The van der Waals surface area contributed by atoms with Crippen LogP contribution in [-0.4, -0.2) is 73.5 Å². The zero-order valence-electron chi connectivity index (χ0n) is 26.5. The Morgan fingerprint density at radius 2 is 1.42 bits per heavy atom. The Labute approximate surface area is 265 Å². The SMILES string of the molecule is CN(C)C1(Cc2ccccc2)CCC(c2[nH]c3ccccc3c2CC2CCCCC2)CC1.O=C(O)CC(O)(CC(=O)O)C(=O)O. The Bertz CT molecular complexity index is 1420. The number of carbonyl (C=O) groups is 3. The third-order valence-corrected chi connectivity index (χ3v) is 10.00. The largest absolute Gasteiger partial charge is 0.481 e. The third-order valence-electron chi connectivity index (χ3n) is 10.00. The summed E-state index contributed by atoms with van der Waals surface area (Å²) in [5.74, 6) is -3.47. The lowest BCUT2D eigenvalue weighted by Crippen LogP contribution is -2.48. The molecule has 1 heterocycles. The molecule has 0 amide bonds. The van der Waals surface area contributed by atoms with Crippen LogP contribution in [0.25, 0.3) is 10.9 Å². The van der Waals surface area contributed by atoms with E-state index in [9.17, 15) is 14.4 Å². The minimum atomic E-state index is -2.74. The van der Waals surface area contributed by atoms with Gasteiger partial charge in [0.1, 0.15) is 0 Å². The number of aromatic nitrogens is 1. The molecular formula is C36H48N2O7. The van der Waals surface area contributed by atoms with Gasteiger partial charge in [-0.1, -0.05) is 80.6 Å². The fraction of sp³-hybridized carbons (Fsp3) is 0.528. The van der Waals surface area contributed by atoms with Gasteiger partial charge in [-0.2, -0.15) is 0 Å². The predicted octanol–water partition coefficient (Wildman–Crippen LogP) is 6.24. The number of aliphatic carboxylic acids is 3. The highest BCUT2D eigenvalue weighted by Crippen LogP contribution is 2.44. The summed E-state index contributed by atoms with van der Waals surface area (Å²) in [5.41, 5.74) is 3.59. The van der Waals surface area contributed by atoms with Crippen molar-refractivity contribution in [1.82, 2.24) is 9.88 Å². The molecule has 5 rings (SSSR count). The van der Waals surface area contributed by atoms with E-state index >= 15 is 0 Å². The number of H-pyrrole nitrogens is 1. The number of nitrogens with one attached hydrogen (secondary N) is 1. The standard InChI is InChI=1S/C30H40N2.C6H8O7/c1-32(2)30(22-24-13-7-4-8-14-24)19-17-25(18-20-30)29-27(21-23-11-5-3-6-12-23)26-15-9-10-16-28(26)31-29;7-3(8)1-6(13,5(11)12)2-4(9)10/h4,7-10,13-16,23,25,31H,3,5-6,11-12,17-22H2,1-2H3;13H,1-2H2,(H,7,8)(H,9,10)(H,11,12). The molecule has 9 nitrogen and oxygen atoms in total. The van der Waals surface area contributed by atoms with Crippen molar-refractivity contribution < 1.29 is 34.8 Å². The maximum Gasteiger partial charge on any atom is 0.336 e. The average molecular weight is 621 g/mol. The lowest BCUT2D eigenvalue weighted by atomic mass is 9.71. The van der Waals surface area contributed by atoms with Crippen molar-refractivity contribution in [2.24, 2.45) is 5.92 Å². The number of rotatable bonds is 11. The Balaban J connectivity index is 0.000000302. The number of para-hydroxylation sites is 1. The Morgan fingerprint density at radius 1 is 0.844 bits per heavy atom. The summed E-state index contributed by atoms with van der Waals surface area (Å²) < 4.78 is 0. The molecule has 2 aliphatic rings. The molecule has 5 N–H and O–H groups in total. The van der Waals surface area contributed by atoms with Crippen LogP contribution in [0.1, 0.15) is 93.4 Å².